The Bertz CT molecular complexity index is 650. The molecule has 0 N–H and O–H groups in total. The topological polar surface area (TPSA) is 17.1 Å². The first kappa shape index (κ1) is 21.9. The van der Waals surface area contributed by atoms with Crippen LogP contribution in [0.5, 0.6) is 0 Å². The molecule has 140 valence electrons. The molecule has 1 nitrogen and oxygen atoms in total. The Morgan fingerprint density at radius 2 is 1.19 bits per heavy atom. The molecule has 1 aliphatic rings. The fourth-order valence-corrected chi connectivity index (χ4v) is 2.64. The van der Waals surface area contributed by atoms with Crippen LogP contribution in [0.3, 0.4) is 0 Å². The molecule has 2 aromatic rings. The van der Waals surface area contributed by atoms with Crippen LogP contribution in [0, 0.1) is 5.41 Å². The van der Waals surface area contributed by atoms with E-state index in [4.69, 9.17) is 0 Å². The molecule has 3 rings (SSSR count). The van der Waals surface area contributed by atoms with Crippen molar-refractivity contribution in [3.05, 3.63) is 72.3 Å². The van der Waals surface area contributed by atoms with Crippen molar-refractivity contribution in [1.29, 1.82) is 0 Å². The SMILES string of the molecule is C1=CCCCC1.CC.CC(C)(C)C(=O)c1ccc(-c2ccccc2)cc1. The highest BCUT2D eigenvalue weighted by atomic mass is 16.1. The van der Waals surface area contributed by atoms with Gasteiger partial charge in [0.25, 0.3) is 0 Å². The molecule has 0 atom stereocenters. The molecule has 26 heavy (non-hydrogen) atoms. The minimum absolute atomic E-state index is 0.183. The smallest absolute Gasteiger partial charge is 0.168 e. The molecule has 0 aromatic heterocycles. The number of allylic oxidation sites excluding steroid dienone is 2. The lowest BCUT2D eigenvalue weighted by Gasteiger charge is -2.16. The van der Waals surface area contributed by atoms with Gasteiger partial charge in [-0.3, -0.25) is 4.79 Å². The van der Waals surface area contributed by atoms with Gasteiger partial charge in [0.1, 0.15) is 0 Å². The van der Waals surface area contributed by atoms with Crippen molar-refractivity contribution in [3.63, 3.8) is 0 Å². The fraction of sp³-hybridized carbons (Fsp3) is 0.400. The summed E-state index contributed by atoms with van der Waals surface area (Å²) in [5, 5.41) is 0. The summed E-state index contributed by atoms with van der Waals surface area (Å²) in [7, 11) is 0. The lowest BCUT2D eigenvalue weighted by Crippen LogP contribution is -2.19. The Hall–Kier alpha value is -2.15. The molecular weight excluding hydrogens is 316 g/mol. The second-order valence-electron chi connectivity index (χ2n) is 7.28. The average molecular weight is 351 g/mol. The van der Waals surface area contributed by atoms with Gasteiger partial charge >= 0.3 is 0 Å². The van der Waals surface area contributed by atoms with Gasteiger partial charge in [0.2, 0.25) is 0 Å². The molecule has 0 unspecified atom stereocenters. The van der Waals surface area contributed by atoms with Gasteiger partial charge in [-0.25, -0.2) is 0 Å². The van der Waals surface area contributed by atoms with E-state index in [2.05, 4.69) is 24.3 Å². The third kappa shape index (κ3) is 7.39. The Morgan fingerprint density at radius 3 is 1.58 bits per heavy atom. The second kappa shape index (κ2) is 11.5. The van der Waals surface area contributed by atoms with Crippen molar-refractivity contribution in [2.75, 3.05) is 0 Å². The molecule has 1 aliphatic carbocycles. The van der Waals surface area contributed by atoms with E-state index < -0.39 is 0 Å². The van der Waals surface area contributed by atoms with Gasteiger partial charge in [-0.2, -0.15) is 0 Å². The predicted molar refractivity (Wildman–Crippen MR) is 115 cm³/mol. The largest absolute Gasteiger partial charge is 0.294 e. The van der Waals surface area contributed by atoms with Gasteiger partial charge < -0.3 is 0 Å². The first-order chi connectivity index (χ1) is 12.5. The standard InChI is InChI=1S/C17H18O.C6H10.C2H6/c1-17(2,3)16(18)15-11-9-14(10-12-15)13-7-5-4-6-8-13;1-2-4-6-5-3-1;1-2/h4-12H,1-3H3;1-2H,3-6H2;1-2H3. The summed E-state index contributed by atoms with van der Waals surface area (Å²) in [4.78, 5) is 12.1. The monoisotopic (exact) mass is 350 g/mol. The van der Waals surface area contributed by atoms with Crippen molar-refractivity contribution < 1.29 is 4.79 Å². The maximum atomic E-state index is 12.1. The summed E-state index contributed by atoms with van der Waals surface area (Å²) in [6.45, 7) is 9.83. The molecule has 0 saturated carbocycles. The molecule has 0 heterocycles. The van der Waals surface area contributed by atoms with E-state index in [0.717, 1.165) is 11.1 Å². The molecular formula is C25H34O. The van der Waals surface area contributed by atoms with E-state index in [1.165, 1.54) is 31.2 Å². The van der Waals surface area contributed by atoms with Gasteiger partial charge in [-0.15, -0.1) is 0 Å². The highest BCUT2D eigenvalue weighted by Crippen LogP contribution is 2.24. The summed E-state index contributed by atoms with van der Waals surface area (Å²) in [6, 6.07) is 18.0. The van der Waals surface area contributed by atoms with Crippen LogP contribution < -0.4 is 0 Å². The normalized spacial score (nSPS) is 13.0. The van der Waals surface area contributed by atoms with E-state index in [9.17, 15) is 4.79 Å². The van der Waals surface area contributed by atoms with Crippen molar-refractivity contribution in [2.24, 2.45) is 5.41 Å². The Labute approximate surface area is 160 Å². The highest BCUT2D eigenvalue weighted by molar-refractivity contribution is 6.00. The third-order valence-electron chi connectivity index (χ3n) is 4.09. The summed E-state index contributed by atoms with van der Waals surface area (Å²) >= 11 is 0. The molecule has 1 heteroatoms. The van der Waals surface area contributed by atoms with Crippen molar-refractivity contribution >= 4 is 5.78 Å². The minimum atomic E-state index is -0.325. The number of hydrogen-bond acceptors (Lipinski definition) is 1. The van der Waals surface area contributed by atoms with Crippen LogP contribution in [-0.2, 0) is 0 Å². The number of Topliss-reactive ketones (excluding diaryl/α,β-unsaturated/α-hetero) is 1. The van der Waals surface area contributed by atoms with Gasteiger partial charge in [-0.05, 0) is 36.8 Å². The summed E-state index contributed by atoms with van der Waals surface area (Å²) in [5.74, 6) is 0.183. The van der Waals surface area contributed by atoms with E-state index in [0.29, 0.717) is 0 Å². The number of hydrogen-bond donors (Lipinski definition) is 0. The maximum Gasteiger partial charge on any atom is 0.168 e. The number of carbonyl (C=O) groups is 1. The van der Waals surface area contributed by atoms with Crippen LogP contribution in [0.1, 0.15) is 70.7 Å². The van der Waals surface area contributed by atoms with E-state index >= 15 is 0 Å². The predicted octanol–water partition coefficient (Wildman–Crippen LogP) is 7.73. The van der Waals surface area contributed by atoms with E-state index in [1.807, 2.05) is 77.1 Å². The molecule has 2 aromatic carbocycles. The quantitative estimate of drug-likeness (QED) is 0.400. The van der Waals surface area contributed by atoms with Crippen LogP contribution >= 0.6 is 0 Å². The second-order valence-corrected chi connectivity index (χ2v) is 7.28. The van der Waals surface area contributed by atoms with Crippen LogP contribution in [0.15, 0.2) is 66.7 Å². The summed E-state index contributed by atoms with van der Waals surface area (Å²) < 4.78 is 0. The number of rotatable bonds is 2. The zero-order chi connectivity index (χ0) is 19.4. The van der Waals surface area contributed by atoms with Gasteiger partial charge in [0.15, 0.2) is 5.78 Å². The van der Waals surface area contributed by atoms with E-state index in [-0.39, 0.29) is 11.2 Å². The summed E-state index contributed by atoms with van der Waals surface area (Å²) in [6.07, 6.45) is 10.0. The van der Waals surface area contributed by atoms with Gasteiger partial charge in [0, 0.05) is 11.0 Å². The van der Waals surface area contributed by atoms with Crippen LogP contribution in [-0.4, -0.2) is 5.78 Å². The van der Waals surface area contributed by atoms with Gasteiger partial charge in [-0.1, -0.05) is 101 Å². The molecule has 0 bridgehead atoms. The first-order valence-corrected chi connectivity index (χ1v) is 9.84. The Balaban J connectivity index is 0.000000353. The van der Waals surface area contributed by atoms with Crippen molar-refractivity contribution in [2.45, 2.75) is 60.3 Å². The van der Waals surface area contributed by atoms with Crippen molar-refractivity contribution in [3.8, 4) is 11.1 Å². The molecule has 0 saturated heterocycles. The van der Waals surface area contributed by atoms with Crippen molar-refractivity contribution in [1.82, 2.24) is 0 Å². The number of benzene rings is 2. The summed E-state index contributed by atoms with van der Waals surface area (Å²) in [5.41, 5.74) is 2.77. The molecule has 0 fully saturated rings. The Morgan fingerprint density at radius 1 is 0.731 bits per heavy atom. The molecule has 0 spiro atoms. The molecule has 0 radical (unpaired) electrons. The van der Waals surface area contributed by atoms with Gasteiger partial charge in [0.05, 0.1) is 0 Å². The maximum absolute atomic E-state index is 12.1. The third-order valence-corrected chi connectivity index (χ3v) is 4.09. The van der Waals surface area contributed by atoms with Crippen LogP contribution in [0.2, 0.25) is 0 Å². The lowest BCUT2D eigenvalue weighted by atomic mass is 9.86. The zero-order valence-electron chi connectivity index (χ0n) is 17.1. The zero-order valence-corrected chi connectivity index (χ0v) is 17.1. The van der Waals surface area contributed by atoms with E-state index in [1.54, 1.807) is 0 Å². The highest BCUT2D eigenvalue weighted by Gasteiger charge is 2.22. The Kier molecular flexibility index (Phi) is 9.65. The van der Waals surface area contributed by atoms with Crippen LogP contribution in [0.4, 0.5) is 0 Å². The number of carbonyl (C=O) groups excluding carboxylic acids is 1. The van der Waals surface area contributed by atoms with Crippen LogP contribution in [0.25, 0.3) is 11.1 Å². The minimum Gasteiger partial charge on any atom is -0.294 e. The lowest BCUT2D eigenvalue weighted by molar-refractivity contribution is 0.0858. The fourth-order valence-electron chi connectivity index (χ4n) is 2.64. The number of ketones is 1. The molecule has 0 aliphatic heterocycles. The first-order valence-electron chi connectivity index (χ1n) is 9.84. The molecule has 0 amide bonds. The average Bonchev–Trinajstić information content (AvgIpc) is 2.71.